The molecule has 4 nitrogen and oxygen atoms in total. The Hall–Kier alpha value is -1.44. The minimum Gasteiger partial charge on any atom is -0.497 e. The molecule has 0 amide bonds. The monoisotopic (exact) mass is 368 g/mol. The lowest BCUT2D eigenvalue weighted by Gasteiger charge is -2.10. The highest BCUT2D eigenvalue weighted by atomic mass is 79.9. The molecule has 0 fully saturated rings. The van der Waals surface area contributed by atoms with Crippen LogP contribution < -0.4 is 10.3 Å². The highest BCUT2D eigenvalue weighted by Gasteiger charge is 2.12. The lowest BCUT2D eigenvalue weighted by atomic mass is 10.3. The zero-order valence-electron chi connectivity index (χ0n) is 10.3. The van der Waals surface area contributed by atoms with Crippen LogP contribution in [-0.4, -0.2) is 16.7 Å². The third-order valence-electron chi connectivity index (χ3n) is 2.90. The predicted molar refractivity (Wildman–Crippen MR) is 86.9 cm³/mol. The minimum atomic E-state index is -0.132. The fourth-order valence-electron chi connectivity index (χ4n) is 1.95. The van der Waals surface area contributed by atoms with Crippen LogP contribution in [0.4, 0.5) is 0 Å². The maximum atomic E-state index is 12.6. The van der Waals surface area contributed by atoms with Crippen molar-refractivity contribution < 1.29 is 4.74 Å². The number of thiophene rings is 1. The number of hydrogen-bond donors (Lipinski definition) is 1. The largest absolute Gasteiger partial charge is 0.497 e. The summed E-state index contributed by atoms with van der Waals surface area (Å²) < 4.78 is 8.46. The van der Waals surface area contributed by atoms with E-state index in [1.807, 2.05) is 23.6 Å². The van der Waals surface area contributed by atoms with Crippen molar-refractivity contribution in [1.82, 2.24) is 9.55 Å². The van der Waals surface area contributed by atoms with E-state index >= 15 is 0 Å². The lowest BCUT2D eigenvalue weighted by molar-refractivity contribution is 0.414. The van der Waals surface area contributed by atoms with Crippen molar-refractivity contribution in [2.24, 2.45) is 0 Å². The first-order chi connectivity index (χ1) is 9.61. The van der Waals surface area contributed by atoms with Crippen molar-refractivity contribution in [3.8, 4) is 11.4 Å². The van der Waals surface area contributed by atoms with Gasteiger partial charge in [-0.2, -0.15) is 0 Å². The predicted octanol–water partition coefficient (Wildman–Crippen LogP) is 3.88. The summed E-state index contributed by atoms with van der Waals surface area (Å²) in [4.78, 5) is 15.7. The number of halogens is 1. The first-order valence-corrected chi connectivity index (χ1v) is 7.76. The molecule has 7 heteroatoms. The summed E-state index contributed by atoms with van der Waals surface area (Å²) in [5.74, 6) is 0.663. The molecule has 2 heterocycles. The Morgan fingerprint density at radius 1 is 1.40 bits per heavy atom. The van der Waals surface area contributed by atoms with E-state index in [1.54, 1.807) is 13.2 Å². The third-order valence-corrected chi connectivity index (χ3v) is 4.76. The molecule has 20 heavy (non-hydrogen) atoms. The van der Waals surface area contributed by atoms with Gasteiger partial charge in [-0.15, -0.1) is 11.3 Å². The fraction of sp³-hybridized carbons (Fsp3) is 0.0769. The molecule has 0 aliphatic carbocycles. The molecule has 0 aliphatic heterocycles. The molecule has 0 radical (unpaired) electrons. The number of hydrogen-bond acceptors (Lipinski definition) is 4. The standard InChI is InChI=1S/C13H9BrN2O2S2/c1-18-7-2-3-8(14)10(6-7)16-12(17)11-9(4-5-20-11)15-13(16)19/h2-6H,1H3,(H,15,19). The van der Waals surface area contributed by atoms with Crippen molar-refractivity contribution >= 4 is 49.7 Å². The number of methoxy groups -OCH3 is 1. The van der Waals surface area contributed by atoms with E-state index in [2.05, 4.69) is 20.9 Å². The van der Waals surface area contributed by atoms with Crippen LogP contribution in [0.5, 0.6) is 5.75 Å². The highest BCUT2D eigenvalue weighted by molar-refractivity contribution is 9.10. The minimum absolute atomic E-state index is 0.132. The van der Waals surface area contributed by atoms with Crippen molar-refractivity contribution in [2.75, 3.05) is 7.11 Å². The van der Waals surface area contributed by atoms with Gasteiger partial charge in [0.2, 0.25) is 0 Å². The summed E-state index contributed by atoms with van der Waals surface area (Å²) in [7, 11) is 1.58. The van der Waals surface area contributed by atoms with Gasteiger partial charge >= 0.3 is 0 Å². The first-order valence-electron chi connectivity index (χ1n) is 5.68. The number of benzene rings is 1. The van der Waals surface area contributed by atoms with Crippen LogP contribution >= 0.6 is 39.5 Å². The van der Waals surface area contributed by atoms with Crippen molar-refractivity contribution in [1.29, 1.82) is 0 Å². The molecule has 3 aromatic rings. The van der Waals surface area contributed by atoms with Crippen LogP contribution in [0, 0.1) is 4.77 Å². The van der Waals surface area contributed by atoms with E-state index in [1.165, 1.54) is 15.9 Å². The molecule has 0 bridgehead atoms. The lowest BCUT2D eigenvalue weighted by Crippen LogP contribution is -2.19. The second kappa shape index (κ2) is 5.16. The van der Waals surface area contributed by atoms with Gasteiger partial charge in [0, 0.05) is 10.5 Å². The molecule has 0 saturated carbocycles. The summed E-state index contributed by atoms with van der Waals surface area (Å²) in [6.07, 6.45) is 0. The molecular weight excluding hydrogens is 360 g/mol. The van der Waals surface area contributed by atoms with Crippen molar-refractivity contribution in [3.05, 3.63) is 49.2 Å². The number of aromatic nitrogens is 2. The van der Waals surface area contributed by atoms with Gasteiger partial charge in [0.05, 0.1) is 18.3 Å². The molecule has 3 rings (SSSR count). The third kappa shape index (κ3) is 2.11. The van der Waals surface area contributed by atoms with Crippen molar-refractivity contribution in [2.45, 2.75) is 0 Å². The normalized spacial score (nSPS) is 10.9. The molecule has 0 atom stereocenters. The Morgan fingerprint density at radius 2 is 2.20 bits per heavy atom. The summed E-state index contributed by atoms with van der Waals surface area (Å²) in [6, 6.07) is 7.26. The van der Waals surface area contributed by atoms with Gasteiger partial charge in [0.1, 0.15) is 10.4 Å². The number of H-pyrrole nitrogens is 1. The Kier molecular flexibility index (Phi) is 3.49. The van der Waals surface area contributed by atoms with Crippen molar-refractivity contribution in [3.63, 3.8) is 0 Å². The number of nitrogens with one attached hydrogen (secondary N) is 1. The number of aromatic amines is 1. The van der Waals surface area contributed by atoms with Gasteiger partial charge < -0.3 is 9.72 Å². The van der Waals surface area contributed by atoms with E-state index in [4.69, 9.17) is 17.0 Å². The summed E-state index contributed by atoms with van der Waals surface area (Å²) in [6.45, 7) is 0. The molecule has 2 aromatic heterocycles. The Bertz CT molecular complexity index is 911. The van der Waals surface area contributed by atoms with Crippen LogP contribution in [0.3, 0.4) is 0 Å². The Balaban J connectivity index is 2.40. The zero-order valence-corrected chi connectivity index (χ0v) is 13.6. The van der Waals surface area contributed by atoms with E-state index in [-0.39, 0.29) is 5.56 Å². The van der Waals surface area contributed by atoms with E-state index in [0.717, 1.165) is 9.99 Å². The van der Waals surface area contributed by atoms with Gasteiger partial charge in [0.15, 0.2) is 4.77 Å². The molecule has 102 valence electrons. The Labute approximate surface area is 131 Å². The van der Waals surface area contributed by atoms with E-state index < -0.39 is 0 Å². The molecule has 0 saturated heterocycles. The van der Waals surface area contributed by atoms with Gasteiger partial charge in [-0.1, -0.05) is 0 Å². The number of nitrogens with zero attached hydrogens (tertiary/aromatic N) is 1. The average molecular weight is 369 g/mol. The highest BCUT2D eigenvalue weighted by Crippen LogP contribution is 2.26. The van der Waals surface area contributed by atoms with Gasteiger partial charge in [-0.3, -0.25) is 9.36 Å². The molecule has 0 spiro atoms. The van der Waals surface area contributed by atoms with Gasteiger partial charge in [-0.05, 0) is 51.7 Å². The smallest absolute Gasteiger partial charge is 0.276 e. The molecule has 1 aromatic carbocycles. The number of rotatable bonds is 2. The summed E-state index contributed by atoms with van der Waals surface area (Å²) in [5, 5.41) is 1.86. The average Bonchev–Trinajstić information content (AvgIpc) is 2.89. The first kappa shape index (κ1) is 13.5. The van der Waals surface area contributed by atoms with Crippen LogP contribution in [-0.2, 0) is 0 Å². The molecule has 1 N–H and O–H groups in total. The molecule has 0 unspecified atom stereocenters. The van der Waals surface area contributed by atoms with Crippen LogP contribution in [0.25, 0.3) is 15.9 Å². The second-order valence-electron chi connectivity index (χ2n) is 4.05. The fourth-order valence-corrected chi connectivity index (χ4v) is 3.44. The molecular formula is C13H9BrN2O2S2. The maximum Gasteiger partial charge on any atom is 0.276 e. The number of fused-ring (bicyclic) bond motifs is 1. The number of ether oxygens (including phenoxy) is 1. The summed E-state index contributed by atoms with van der Waals surface area (Å²) in [5.41, 5.74) is 1.29. The SMILES string of the molecule is COc1ccc(Br)c(-n2c(=S)[nH]c3ccsc3c2=O)c1. The van der Waals surface area contributed by atoms with E-state index in [9.17, 15) is 4.79 Å². The van der Waals surface area contributed by atoms with Crippen LogP contribution in [0.1, 0.15) is 0 Å². The quantitative estimate of drug-likeness (QED) is 0.698. The van der Waals surface area contributed by atoms with E-state index in [0.29, 0.717) is 20.9 Å². The van der Waals surface area contributed by atoms with Crippen LogP contribution in [0.15, 0.2) is 38.9 Å². The maximum absolute atomic E-state index is 12.6. The van der Waals surface area contributed by atoms with Gasteiger partial charge in [0.25, 0.3) is 5.56 Å². The van der Waals surface area contributed by atoms with Gasteiger partial charge in [-0.25, -0.2) is 0 Å². The van der Waals surface area contributed by atoms with Crippen LogP contribution in [0.2, 0.25) is 0 Å². The second-order valence-corrected chi connectivity index (χ2v) is 6.21. The Morgan fingerprint density at radius 3 is 2.95 bits per heavy atom. The topological polar surface area (TPSA) is 47.0 Å². The zero-order chi connectivity index (χ0) is 14.3. The summed E-state index contributed by atoms with van der Waals surface area (Å²) >= 11 is 10.1. The molecule has 0 aliphatic rings.